The van der Waals surface area contributed by atoms with Gasteiger partial charge in [-0.05, 0) is 30.4 Å². The topological polar surface area (TPSA) is 43.8 Å². The van der Waals surface area contributed by atoms with Crippen molar-refractivity contribution in [1.29, 1.82) is 0 Å². The molecule has 0 spiro atoms. The summed E-state index contributed by atoms with van der Waals surface area (Å²) in [5.74, 6) is 1.54. The fourth-order valence-electron chi connectivity index (χ4n) is 2.21. The highest BCUT2D eigenvalue weighted by molar-refractivity contribution is 5.78. The molecule has 4 heteroatoms. The van der Waals surface area contributed by atoms with Crippen molar-refractivity contribution in [2.24, 2.45) is 11.8 Å². The van der Waals surface area contributed by atoms with Crippen LogP contribution in [0.5, 0.6) is 0 Å². The SMILES string of the molecule is CC1CC1Cn1c(N)nc2c(F)cccc21. The number of fused-ring (bicyclic) bond motifs is 1. The molecule has 2 aromatic rings. The largest absolute Gasteiger partial charge is 0.369 e. The lowest BCUT2D eigenvalue weighted by atomic mass is 10.3. The lowest BCUT2D eigenvalue weighted by Gasteiger charge is -2.04. The lowest BCUT2D eigenvalue weighted by Crippen LogP contribution is -2.05. The molecular formula is C12H14FN3. The van der Waals surface area contributed by atoms with Crippen molar-refractivity contribution in [3.05, 3.63) is 24.0 Å². The average Bonchev–Trinajstić information content (AvgIpc) is 2.84. The Kier molecular flexibility index (Phi) is 1.93. The summed E-state index contributed by atoms with van der Waals surface area (Å²) >= 11 is 0. The van der Waals surface area contributed by atoms with E-state index >= 15 is 0 Å². The van der Waals surface area contributed by atoms with Gasteiger partial charge in [0.1, 0.15) is 5.52 Å². The summed E-state index contributed by atoms with van der Waals surface area (Å²) in [4.78, 5) is 4.08. The van der Waals surface area contributed by atoms with Crippen LogP contribution < -0.4 is 5.73 Å². The molecule has 2 unspecified atom stereocenters. The molecule has 1 saturated carbocycles. The Balaban J connectivity index is 2.09. The number of anilines is 1. The number of para-hydroxylation sites is 1. The van der Waals surface area contributed by atoms with Crippen molar-refractivity contribution in [2.45, 2.75) is 19.9 Å². The number of imidazole rings is 1. The molecule has 0 bridgehead atoms. The summed E-state index contributed by atoms with van der Waals surface area (Å²) in [5.41, 5.74) is 7.01. The molecule has 1 aliphatic carbocycles. The zero-order valence-electron chi connectivity index (χ0n) is 9.15. The summed E-state index contributed by atoms with van der Waals surface area (Å²) in [5, 5.41) is 0. The third kappa shape index (κ3) is 1.37. The second kappa shape index (κ2) is 3.20. The number of benzene rings is 1. The monoisotopic (exact) mass is 219 g/mol. The van der Waals surface area contributed by atoms with E-state index in [2.05, 4.69) is 11.9 Å². The van der Waals surface area contributed by atoms with Crippen molar-refractivity contribution in [2.75, 3.05) is 5.73 Å². The fraction of sp³-hybridized carbons (Fsp3) is 0.417. The Bertz CT molecular complexity index is 546. The number of hydrogen-bond donors (Lipinski definition) is 1. The van der Waals surface area contributed by atoms with Gasteiger partial charge in [0.2, 0.25) is 5.95 Å². The Hall–Kier alpha value is -1.58. The molecular weight excluding hydrogens is 205 g/mol. The van der Waals surface area contributed by atoms with Crippen LogP contribution in [0, 0.1) is 17.7 Å². The number of nitrogens with two attached hydrogens (primary N) is 1. The molecule has 0 radical (unpaired) electrons. The minimum absolute atomic E-state index is 0.299. The summed E-state index contributed by atoms with van der Waals surface area (Å²) < 4.78 is 15.4. The standard InChI is InChI=1S/C12H14FN3/c1-7-5-8(7)6-16-10-4-2-3-9(13)11(10)15-12(16)14/h2-4,7-8H,5-6H2,1H3,(H2,14,15). The Morgan fingerprint density at radius 1 is 1.56 bits per heavy atom. The van der Waals surface area contributed by atoms with Gasteiger partial charge in [0.15, 0.2) is 5.82 Å². The number of hydrogen-bond acceptors (Lipinski definition) is 2. The predicted octanol–water partition coefficient (Wildman–Crippen LogP) is 2.41. The summed E-state index contributed by atoms with van der Waals surface area (Å²) in [6.07, 6.45) is 1.23. The first kappa shape index (κ1) is 9.63. The first-order valence-electron chi connectivity index (χ1n) is 5.57. The van der Waals surface area contributed by atoms with Gasteiger partial charge in [-0.3, -0.25) is 0 Å². The van der Waals surface area contributed by atoms with Crippen molar-refractivity contribution in [3.63, 3.8) is 0 Å². The minimum atomic E-state index is -0.299. The van der Waals surface area contributed by atoms with Crippen molar-refractivity contribution in [1.82, 2.24) is 9.55 Å². The van der Waals surface area contributed by atoms with Gasteiger partial charge in [-0.25, -0.2) is 9.37 Å². The minimum Gasteiger partial charge on any atom is -0.369 e. The molecule has 0 aliphatic heterocycles. The van der Waals surface area contributed by atoms with Crippen LogP contribution in [0.15, 0.2) is 18.2 Å². The number of aromatic nitrogens is 2. The van der Waals surface area contributed by atoms with E-state index in [1.54, 1.807) is 6.07 Å². The second-order valence-electron chi connectivity index (χ2n) is 4.66. The van der Waals surface area contributed by atoms with E-state index < -0.39 is 0 Å². The number of rotatable bonds is 2. The fourth-order valence-corrected chi connectivity index (χ4v) is 2.21. The quantitative estimate of drug-likeness (QED) is 0.842. The second-order valence-corrected chi connectivity index (χ2v) is 4.66. The van der Waals surface area contributed by atoms with E-state index in [9.17, 15) is 4.39 Å². The number of halogens is 1. The van der Waals surface area contributed by atoms with Crippen LogP contribution in [0.3, 0.4) is 0 Å². The third-order valence-electron chi connectivity index (χ3n) is 3.45. The summed E-state index contributed by atoms with van der Waals surface area (Å²) in [7, 11) is 0. The molecule has 0 saturated heterocycles. The van der Waals surface area contributed by atoms with Gasteiger partial charge in [-0.2, -0.15) is 0 Å². The number of nitrogens with zero attached hydrogens (tertiary/aromatic N) is 2. The van der Waals surface area contributed by atoms with Crippen LogP contribution in [-0.4, -0.2) is 9.55 Å². The molecule has 0 amide bonds. The van der Waals surface area contributed by atoms with Crippen molar-refractivity contribution >= 4 is 17.0 Å². The first-order valence-corrected chi connectivity index (χ1v) is 5.57. The van der Waals surface area contributed by atoms with E-state index in [1.807, 2.05) is 10.6 Å². The number of nitrogen functional groups attached to an aromatic ring is 1. The average molecular weight is 219 g/mol. The highest BCUT2D eigenvalue weighted by atomic mass is 19.1. The highest BCUT2D eigenvalue weighted by Crippen LogP contribution is 2.40. The van der Waals surface area contributed by atoms with Crippen LogP contribution in [0.2, 0.25) is 0 Å². The Morgan fingerprint density at radius 3 is 3.00 bits per heavy atom. The van der Waals surface area contributed by atoms with Crippen LogP contribution in [0.1, 0.15) is 13.3 Å². The molecule has 84 valence electrons. The summed E-state index contributed by atoms with van der Waals surface area (Å²) in [6, 6.07) is 4.99. The maximum atomic E-state index is 13.5. The van der Waals surface area contributed by atoms with Gasteiger partial charge in [-0.15, -0.1) is 0 Å². The predicted molar refractivity (Wildman–Crippen MR) is 61.4 cm³/mol. The first-order chi connectivity index (χ1) is 7.66. The van der Waals surface area contributed by atoms with E-state index in [1.165, 1.54) is 12.5 Å². The molecule has 1 aliphatic rings. The van der Waals surface area contributed by atoms with Gasteiger partial charge >= 0.3 is 0 Å². The molecule has 3 rings (SSSR count). The molecule has 1 heterocycles. The molecule has 1 fully saturated rings. The highest BCUT2D eigenvalue weighted by Gasteiger charge is 2.33. The van der Waals surface area contributed by atoms with E-state index in [0.717, 1.165) is 18.0 Å². The van der Waals surface area contributed by atoms with Crippen molar-refractivity contribution < 1.29 is 4.39 Å². The maximum Gasteiger partial charge on any atom is 0.201 e. The smallest absolute Gasteiger partial charge is 0.201 e. The molecule has 2 atom stereocenters. The zero-order valence-corrected chi connectivity index (χ0v) is 9.15. The third-order valence-corrected chi connectivity index (χ3v) is 3.45. The normalized spacial score (nSPS) is 23.9. The summed E-state index contributed by atoms with van der Waals surface area (Å²) in [6.45, 7) is 3.08. The maximum absolute atomic E-state index is 13.5. The van der Waals surface area contributed by atoms with Crippen LogP contribution in [0.4, 0.5) is 10.3 Å². The van der Waals surface area contributed by atoms with E-state index in [4.69, 9.17) is 5.73 Å². The van der Waals surface area contributed by atoms with Gasteiger partial charge < -0.3 is 10.3 Å². The lowest BCUT2D eigenvalue weighted by molar-refractivity contribution is 0.612. The Morgan fingerprint density at radius 2 is 2.31 bits per heavy atom. The molecule has 1 aromatic carbocycles. The molecule has 2 N–H and O–H groups in total. The zero-order chi connectivity index (χ0) is 11.3. The Labute approximate surface area is 93.1 Å². The van der Waals surface area contributed by atoms with Crippen LogP contribution in [-0.2, 0) is 6.54 Å². The van der Waals surface area contributed by atoms with Gasteiger partial charge in [0.25, 0.3) is 0 Å². The van der Waals surface area contributed by atoms with Gasteiger partial charge in [0, 0.05) is 6.54 Å². The van der Waals surface area contributed by atoms with Gasteiger partial charge in [0.05, 0.1) is 5.52 Å². The molecule has 3 nitrogen and oxygen atoms in total. The molecule has 1 aromatic heterocycles. The van der Waals surface area contributed by atoms with Crippen LogP contribution in [0.25, 0.3) is 11.0 Å². The van der Waals surface area contributed by atoms with E-state index in [0.29, 0.717) is 17.4 Å². The van der Waals surface area contributed by atoms with E-state index in [-0.39, 0.29) is 5.82 Å². The van der Waals surface area contributed by atoms with Crippen LogP contribution >= 0.6 is 0 Å². The van der Waals surface area contributed by atoms with Crippen molar-refractivity contribution in [3.8, 4) is 0 Å². The molecule has 16 heavy (non-hydrogen) atoms. The van der Waals surface area contributed by atoms with Gasteiger partial charge in [-0.1, -0.05) is 13.0 Å².